The summed E-state index contributed by atoms with van der Waals surface area (Å²) in [6.45, 7) is 3.68. The van der Waals surface area contributed by atoms with Crippen LogP contribution < -0.4 is 10.2 Å². The van der Waals surface area contributed by atoms with Gasteiger partial charge >= 0.3 is 0 Å². The summed E-state index contributed by atoms with van der Waals surface area (Å²) in [5.41, 5.74) is 0.908. The molecule has 7 heteroatoms. The quantitative estimate of drug-likeness (QED) is 0.929. The van der Waals surface area contributed by atoms with Gasteiger partial charge in [0.1, 0.15) is 0 Å². The fourth-order valence-corrected chi connectivity index (χ4v) is 2.43. The first-order chi connectivity index (χ1) is 10.2. The lowest BCUT2D eigenvalue weighted by Crippen LogP contribution is -2.42. The van der Waals surface area contributed by atoms with E-state index in [2.05, 4.69) is 30.4 Å². The Morgan fingerprint density at radius 2 is 2.05 bits per heavy atom. The fourth-order valence-electron chi connectivity index (χ4n) is 2.43. The number of aromatic nitrogens is 4. The van der Waals surface area contributed by atoms with E-state index >= 15 is 0 Å². The molecule has 1 fully saturated rings. The Morgan fingerprint density at radius 1 is 1.24 bits per heavy atom. The second-order valence-electron chi connectivity index (χ2n) is 5.19. The highest BCUT2D eigenvalue weighted by molar-refractivity contribution is 5.39. The number of piperidine rings is 1. The van der Waals surface area contributed by atoms with Gasteiger partial charge in [-0.15, -0.1) is 5.10 Å². The van der Waals surface area contributed by atoms with Crippen molar-refractivity contribution in [1.29, 1.82) is 0 Å². The molecule has 3 rings (SSSR count). The van der Waals surface area contributed by atoms with Gasteiger partial charge in [-0.2, -0.15) is 5.10 Å². The summed E-state index contributed by atoms with van der Waals surface area (Å²) in [7, 11) is 0. The molecule has 1 aliphatic heterocycles. The Kier molecular flexibility index (Phi) is 3.89. The van der Waals surface area contributed by atoms with E-state index < -0.39 is 5.82 Å². The van der Waals surface area contributed by atoms with E-state index in [0.29, 0.717) is 5.95 Å². The standard InChI is InChI=1S/C14H17FN6/c1-10-4-5-13(20-19-10)21-6-2-3-12(9-21)18-14-16-7-11(15)8-17-14/h4-5,7-8,12H,2-3,6,9H2,1H3,(H,16,17,18). The average molecular weight is 288 g/mol. The first kappa shape index (κ1) is 13.7. The van der Waals surface area contributed by atoms with Crippen molar-refractivity contribution in [2.75, 3.05) is 23.3 Å². The smallest absolute Gasteiger partial charge is 0.223 e. The van der Waals surface area contributed by atoms with Crippen molar-refractivity contribution in [2.24, 2.45) is 0 Å². The average Bonchev–Trinajstić information content (AvgIpc) is 2.51. The summed E-state index contributed by atoms with van der Waals surface area (Å²) >= 11 is 0. The molecule has 0 aliphatic carbocycles. The van der Waals surface area contributed by atoms with Crippen LogP contribution >= 0.6 is 0 Å². The highest BCUT2D eigenvalue weighted by Gasteiger charge is 2.21. The fraction of sp³-hybridized carbons (Fsp3) is 0.429. The Hall–Kier alpha value is -2.31. The summed E-state index contributed by atoms with van der Waals surface area (Å²) in [5.74, 6) is 0.908. The molecule has 0 saturated carbocycles. The first-order valence-electron chi connectivity index (χ1n) is 7.00. The third-order valence-corrected chi connectivity index (χ3v) is 3.48. The van der Waals surface area contributed by atoms with Crippen LogP contribution in [0.25, 0.3) is 0 Å². The van der Waals surface area contributed by atoms with Crippen LogP contribution in [0.1, 0.15) is 18.5 Å². The van der Waals surface area contributed by atoms with E-state index in [9.17, 15) is 4.39 Å². The zero-order valence-corrected chi connectivity index (χ0v) is 11.8. The van der Waals surface area contributed by atoms with Crippen molar-refractivity contribution in [3.05, 3.63) is 36.0 Å². The number of aryl methyl sites for hydroxylation is 1. The molecule has 0 spiro atoms. The van der Waals surface area contributed by atoms with E-state index in [1.807, 2.05) is 19.1 Å². The number of rotatable bonds is 3. The topological polar surface area (TPSA) is 66.8 Å². The first-order valence-corrected chi connectivity index (χ1v) is 7.00. The van der Waals surface area contributed by atoms with E-state index in [4.69, 9.17) is 0 Å². The van der Waals surface area contributed by atoms with Crippen LogP contribution in [0.3, 0.4) is 0 Å². The Bertz CT molecular complexity index is 585. The van der Waals surface area contributed by atoms with E-state index in [1.54, 1.807) is 0 Å². The van der Waals surface area contributed by atoms with Crippen LogP contribution in [0.2, 0.25) is 0 Å². The van der Waals surface area contributed by atoms with Gasteiger partial charge in [0.2, 0.25) is 5.95 Å². The van der Waals surface area contributed by atoms with Crippen molar-refractivity contribution in [1.82, 2.24) is 20.2 Å². The van der Waals surface area contributed by atoms with Crippen LogP contribution in [0.4, 0.5) is 16.2 Å². The van der Waals surface area contributed by atoms with Gasteiger partial charge in [-0.05, 0) is 31.9 Å². The number of nitrogens with zero attached hydrogens (tertiary/aromatic N) is 5. The molecule has 1 N–H and O–H groups in total. The lowest BCUT2D eigenvalue weighted by molar-refractivity contribution is 0.521. The third-order valence-electron chi connectivity index (χ3n) is 3.48. The van der Waals surface area contributed by atoms with Gasteiger partial charge in [0.05, 0.1) is 18.1 Å². The molecule has 6 nitrogen and oxygen atoms in total. The number of halogens is 1. The number of hydrogen-bond acceptors (Lipinski definition) is 6. The molecule has 0 radical (unpaired) electrons. The Balaban J connectivity index is 1.65. The van der Waals surface area contributed by atoms with E-state index in [0.717, 1.165) is 37.4 Å². The van der Waals surface area contributed by atoms with Crippen molar-refractivity contribution in [2.45, 2.75) is 25.8 Å². The van der Waals surface area contributed by atoms with Crippen molar-refractivity contribution in [3.63, 3.8) is 0 Å². The van der Waals surface area contributed by atoms with Crippen LogP contribution in [0.5, 0.6) is 0 Å². The molecule has 21 heavy (non-hydrogen) atoms. The molecule has 2 aromatic rings. The molecule has 110 valence electrons. The minimum atomic E-state index is -0.430. The van der Waals surface area contributed by atoms with Gasteiger partial charge < -0.3 is 10.2 Å². The summed E-state index contributed by atoms with van der Waals surface area (Å²) in [4.78, 5) is 10.1. The SMILES string of the molecule is Cc1ccc(N2CCCC(Nc3ncc(F)cn3)C2)nn1. The number of anilines is 2. The maximum Gasteiger partial charge on any atom is 0.223 e. The van der Waals surface area contributed by atoms with Gasteiger partial charge in [-0.25, -0.2) is 14.4 Å². The molecule has 1 unspecified atom stereocenters. The maximum atomic E-state index is 12.8. The van der Waals surface area contributed by atoms with Crippen LogP contribution in [0, 0.1) is 12.7 Å². The lowest BCUT2D eigenvalue weighted by Gasteiger charge is -2.33. The van der Waals surface area contributed by atoms with Gasteiger partial charge in [0, 0.05) is 19.1 Å². The number of nitrogens with one attached hydrogen (secondary N) is 1. The summed E-state index contributed by atoms with van der Waals surface area (Å²) < 4.78 is 12.8. The zero-order valence-electron chi connectivity index (χ0n) is 11.8. The summed E-state index contributed by atoms with van der Waals surface area (Å²) in [6.07, 6.45) is 4.41. The molecule has 0 aromatic carbocycles. The summed E-state index contributed by atoms with van der Waals surface area (Å²) in [5, 5.41) is 11.6. The molecule has 0 amide bonds. The van der Waals surface area contributed by atoms with Crippen molar-refractivity contribution in [3.8, 4) is 0 Å². The minimum absolute atomic E-state index is 0.215. The van der Waals surface area contributed by atoms with Crippen LogP contribution in [-0.2, 0) is 0 Å². The molecule has 1 aliphatic rings. The Morgan fingerprint density at radius 3 is 2.76 bits per heavy atom. The maximum absolute atomic E-state index is 12.8. The Labute approximate surface area is 122 Å². The molecule has 1 saturated heterocycles. The predicted molar refractivity (Wildman–Crippen MR) is 77.6 cm³/mol. The highest BCUT2D eigenvalue weighted by Crippen LogP contribution is 2.19. The largest absolute Gasteiger partial charge is 0.353 e. The van der Waals surface area contributed by atoms with Gasteiger partial charge in [-0.3, -0.25) is 0 Å². The third kappa shape index (κ3) is 3.42. The zero-order chi connectivity index (χ0) is 14.7. The second-order valence-corrected chi connectivity index (χ2v) is 5.19. The molecule has 3 heterocycles. The minimum Gasteiger partial charge on any atom is -0.353 e. The van der Waals surface area contributed by atoms with Crippen LogP contribution in [-0.4, -0.2) is 39.3 Å². The second kappa shape index (κ2) is 5.99. The molecule has 1 atom stereocenters. The monoisotopic (exact) mass is 288 g/mol. The predicted octanol–water partition coefficient (Wildman–Crippen LogP) is 1.80. The van der Waals surface area contributed by atoms with Crippen molar-refractivity contribution >= 4 is 11.8 Å². The van der Waals surface area contributed by atoms with Crippen LogP contribution in [0.15, 0.2) is 24.5 Å². The van der Waals surface area contributed by atoms with Crippen molar-refractivity contribution < 1.29 is 4.39 Å². The van der Waals surface area contributed by atoms with E-state index in [-0.39, 0.29) is 6.04 Å². The molecule has 2 aromatic heterocycles. The molecular weight excluding hydrogens is 271 g/mol. The lowest BCUT2D eigenvalue weighted by atomic mass is 10.1. The molecular formula is C14H17FN6. The highest BCUT2D eigenvalue weighted by atomic mass is 19.1. The van der Waals surface area contributed by atoms with Gasteiger partial charge in [0.25, 0.3) is 0 Å². The summed E-state index contributed by atoms with van der Waals surface area (Å²) in [6, 6.07) is 4.16. The normalized spacial score (nSPS) is 18.6. The number of hydrogen-bond donors (Lipinski definition) is 1. The van der Waals surface area contributed by atoms with E-state index in [1.165, 1.54) is 12.4 Å². The molecule has 0 bridgehead atoms. The van der Waals surface area contributed by atoms with Gasteiger partial charge in [0.15, 0.2) is 11.6 Å². The van der Waals surface area contributed by atoms with Gasteiger partial charge in [-0.1, -0.05) is 0 Å².